The predicted molar refractivity (Wildman–Crippen MR) is 100.0 cm³/mol. The second kappa shape index (κ2) is 7.77. The van der Waals surface area contributed by atoms with Crippen molar-refractivity contribution in [3.05, 3.63) is 32.6 Å². The summed E-state index contributed by atoms with van der Waals surface area (Å²) >= 11 is 0. The number of ether oxygens (including phenoxy) is 1. The number of aliphatic hydroxyl groups excluding tert-OH is 2. The maximum absolute atomic E-state index is 12.2. The molecule has 2 heterocycles. The Bertz CT molecular complexity index is 738. The van der Waals surface area contributed by atoms with Crippen molar-refractivity contribution in [2.45, 2.75) is 64.0 Å². The van der Waals surface area contributed by atoms with Crippen molar-refractivity contribution >= 4 is 9.76 Å². The minimum Gasteiger partial charge on any atom is -0.417 e. The first-order valence-electron chi connectivity index (χ1n) is 8.89. The Kier molecular flexibility index (Phi) is 6.29. The number of rotatable bonds is 7. The van der Waals surface area contributed by atoms with E-state index in [4.69, 9.17) is 9.16 Å². The summed E-state index contributed by atoms with van der Waals surface area (Å²) in [5.41, 5.74) is -1.92. The van der Waals surface area contributed by atoms with E-state index in [1.807, 2.05) is 0 Å². The Morgan fingerprint density at radius 1 is 1.42 bits per heavy atom. The standard InChI is InChI=1S/C17H30N2O6Si/c1-10(2)16(4,5)26-25-12-6-13(24-17(12,8-20)9-21)19-7-11(3)14(22)18-15(19)23/h7,10,12-13,20-21H,6,8-9,26H2,1-5H3,(H,18,22,23)/t12?,13-/m1/s1. The van der Waals surface area contributed by atoms with Gasteiger partial charge in [-0.15, -0.1) is 0 Å². The van der Waals surface area contributed by atoms with E-state index in [1.165, 1.54) is 10.8 Å². The lowest BCUT2D eigenvalue weighted by molar-refractivity contribution is -0.146. The second-order valence-electron chi connectivity index (χ2n) is 8.11. The molecule has 0 spiro atoms. The summed E-state index contributed by atoms with van der Waals surface area (Å²) in [7, 11) is -0.999. The molecule has 148 valence electrons. The monoisotopic (exact) mass is 386 g/mol. The van der Waals surface area contributed by atoms with E-state index < -0.39 is 52.2 Å². The summed E-state index contributed by atoms with van der Waals surface area (Å²) in [6.07, 6.45) is 0.501. The molecule has 2 atom stereocenters. The van der Waals surface area contributed by atoms with Crippen molar-refractivity contribution in [1.82, 2.24) is 9.55 Å². The molecule has 1 saturated heterocycles. The van der Waals surface area contributed by atoms with Crippen LogP contribution in [0.25, 0.3) is 0 Å². The quantitative estimate of drug-likeness (QED) is 0.560. The molecular weight excluding hydrogens is 356 g/mol. The van der Waals surface area contributed by atoms with Gasteiger partial charge in [-0.05, 0) is 17.9 Å². The van der Waals surface area contributed by atoms with Gasteiger partial charge in [-0.3, -0.25) is 14.3 Å². The second-order valence-corrected chi connectivity index (χ2v) is 10.6. The first-order valence-corrected chi connectivity index (χ1v) is 10.2. The molecule has 2 rings (SSSR count). The van der Waals surface area contributed by atoms with Crippen molar-refractivity contribution in [2.24, 2.45) is 5.92 Å². The molecule has 0 aliphatic carbocycles. The third kappa shape index (κ3) is 4.01. The minimum absolute atomic E-state index is 0.0418. The van der Waals surface area contributed by atoms with Crippen LogP contribution in [0.2, 0.25) is 5.04 Å². The van der Waals surface area contributed by atoms with Gasteiger partial charge in [-0.1, -0.05) is 27.7 Å². The number of aliphatic hydroxyl groups is 2. The Labute approximate surface area is 155 Å². The molecule has 1 aliphatic heterocycles. The van der Waals surface area contributed by atoms with Gasteiger partial charge < -0.3 is 19.4 Å². The summed E-state index contributed by atoms with van der Waals surface area (Å²) in [4.78, 5) is 26.0. The average Bonchev–Trinajstić information content (AvgIpc) is 2.95. The van der Waals surface area contributed by atoms with Crippen LogP contribution in [-0.2, 0) is 9.16 Å². The Morgan fingerprint density at radius 3 is 2.58 bits per heavy atom. The molecule has 26 heavy (non-hydrogen) atoms. The van der Waals surface area contributed by atoms with E-state index in [0.717, 1.165) is 0 Å². The summed E-state index contributed by atoms with van der Waals surface area (Å²) in [5.74, 6) is 0.439. The van der Waals surface area contributed by atoms with Crippen molar-refractivity contribution in [1.29, 1.82) is 0 Å². The minimum atomic E-state index is -1.27. The van der Waals surface area contributed by atoms with E-state index in [2.05, 4.69) is 32.7 Å². The van der Waals surface area contributed by atoms with Gasteiger partial charge in [0.1, 0.15) is 11.8 Å². The molecule has 8 nitrogen and oxygen atoms in total. The van der Waals surface area contributed by atoms with Crippen molar-refractivity contribution in [3.63, 3.8) is 0 Å². The number of aromatic nitrogens is 2. The van der Waals surface area contributed by atoms with Gasteiger partial charge in [-0.25, -0.2) is 4.79 Å². The molecule has 1 aliphatic rings. The fourth-order valence-corrected chi connectivity index (χ4v) is 4.20. The summed E-state index contributed by atoms with van der Waals surface area (Å²) < 4.78 is 13.4. The lowest BCUT2D eigenvalue weighted by Crippen LogP contribution is -2.49. The van der Waals surface area contributed by atoms with Crippen molar-refractivity contribution < 1.29 is 19.4 Å². The lowest BCUT2D eigenvalue weighted by Gasteiger charge is -2.34. The highest BCUT2D eigenvalue weighted by atomic mass is 28.2. The third-order valence-electron chi connectivity index (χ3n) is 5.58. The summed E-state index contributed by atoms with van der Waals surface area (Å²) in [5, 5.41) is 19.8. The topological polar surface area (TPSA) is 114 Å². The maximum atomic E-state index is 12.2. The van der Waals surface area contributed by atoms with Crippen LogP contribution in [0.3, 0.4) is 0 Å². The molecule has 0 saturated carbocycles. The average molecular weight is 387 g/mol. The zero-order chi connectivity index (χ0) is 19.7. The maximum Gasteiger partial charge on any atom is 0.330 e. The largest absolute Gasteiger partial charge is 0.417 e. The number of H-pyrrole nitrogens is 1. The van der Waals surface area contributed by atoms with Crippen molar-refractivity contribution in [2.75, 3.05) is 13.2 Å². The molecule has 1 unspecified atom stereocenters. The van der Waals surface area contributed by atoms with Gasteiger partial charge in [0, 0.05) is 18.2 Å². The van der Waals surface area contributed by atoms with Gasteiger partial charge in [0.2, 0.25) is 0 Å². The molecule has 3 N–H and O–H groups in total. The first-order chi connectivity index (χ1) is 12.1. The van der Waals surface area contributed by atoms with Gasteiger partial charge >= 0.3 is 5.69 Å². The number of nitrogens with one attached hydrogen (secondary N) is 1. The Hall–Kier alpha value is -1.26. The molecule has 0 radical (unpaired) electrons. The highest BCUT2D eigenvalue weighted by Crippen LogP contribution is 2.40. The van der Waals surface area contributed by atoms with Crippen LogP contribution in [0, 0.1) is 12.8 Å². The normalized spacial score (nSPS) is 23.4. The zero-order valence-electron chi connectivity index (χ0n) is 16.1. The third-order valence-corrected chi connectivity index (χ3v) is 7.71. The Morgan fingerprint density at radius 2 is 2.04 bits per heavy atom. The highest BCUT2D eigenvalue weighted by molar-refractivity contribution is 6.32. The molecule has 1 aromatic heterocycles. The molecule has 9 heteroatoms. The van der Waals surface area contributed by atoms with Crippen molar-refractivity contribution in [3.8, 4) is 0 Å². The number of hydrogen-bond acceptors (Lipinski definition) is 6. The smallest absolute Gasteiger partial charge is 0.330 e. The summed E-state index contributed by atoms with van der Waals surface area (Å²) in [6, 6.07) is 0. The Balaban J connectivity index is 2.28. The highest BCUT2D eigenvalue weighted by Gasteiger charge is 2.50. The van der Waals surface area contributed by atoms with Crippen LogP contribution in [0.15, 0.2) is 15.8 Å². The van der Waals surface area contributed by atoms with Crippen LogP contribution < -0.4 is 11.2 Å². The van der Waals surface area contributed by atoms with Crippen LogP contribution >= 0.6 is 0 Å². The van der Waals surface area contributed by atoms with Gasteiger partial charge in [-0.2, -0.15) is 0 Å². The fraction of sp³-hybridized carbons (Fsp3) is 0.765. The van der Waals surface area contributed by atoms with Gasteiger partial charge in [0.25, 0.3) is 5.56 Å². The van der Waals surface area contributed by atoms with Gasteiger partial charge in [0.15, 0.2) is 9.76 Å². The van der Waals surface area contributed by atoms with E-state index in [1.54, 1.807) is 6.92 Å². The number of aryl methyl sites for hydroxylation is 1. The number of nitrogens with zero attached hydrogens (tertiary/aromatic N) is 1. The molecule has 1 fully saturated rings. The number of aromatic amines is 1. The zero-order valence-corrected chi connectivity index (χ0v) is 17.5. The fourth-order valence-electron chi connectivity index (χ4n) is 2.79. The lowest BCUT2D eigenvalue weighted by atomic mass is 9.99. The van der Waals surface area contributed by atoms with Gasteiger partial charge in [0.05, 0.1) is 19.3 Å². The van der Waals surface area contributed by atoms with Crippen LogP contribution in [0.4, 0.5) is 0 Å². The summed E-state index contributed by atoms with van der Waals surface area (Å²) in [6.45, 7) is 9.33. The van der Waals surface area contributed by atoms with Crippen LogP contribution in [-0.4, -0.2) is 54.4 Å². The molecule has 0 aromatic carbocycles. The molecule has 0 bridgehead atoms. The van der Waals surface area contributed by atoms with Crippen LogP contribution in [0.5, 0.6) is 0 Å². The van der Waals surface area contributed by atoms with Crippen LogP contribution in [0.1, 0.15) is 45.9 Å². The number of hydrogen-bond donors (Lipinski definition) is 3. The molecule has 1 aromatic rings. The first kappa shape index (κ1) is 21.0. The molecule has 0 amide bonds. The predicted octanol–water partition coefficient (Wildman–Crippen LogP) is -0.189. The SMILES string of the molecule is Cc1cn([C@H]2CC(O[SiH2]C(C)(C)C(C)C)C(CO)(CO)O2)c(=O)[nH]c1=O. The van der Waals surface area contributed by atoms with E-state index >= 15 is 0 Å². The van der Waals surface area contributed by atoms with E-state index in [-0.39, 0.29) is 5.04 Å². The van der Waals surface area contributed by atoms with E-state index in [0.29, 0.717) is 17.9 Å². The molecular formula is C17H30N2O6Si. The van der Waals surface area contributed by atoms with E-state index in [9.17, 15) is 19.8 Å².